The number of rotatable bonds is 4. The summed E-state index contributed by atoms with van der Waals surface area (Å²) >= 11 is 11.8. The summed E-state index contributed by atoms with van der Waals surface area (Å²) in [6, 6.07) is 14.8. The van der Waals surface area contributed by atoms with E-state index in [1.807, 2.05) is 13.0 Å². The molecule has 1 aromatic heterocycles. The van der Waals surface area contributed by atoms with E-state index in [9.17, 15) is 9.59 Å². The molecule has 3 rings (SSSR count). The van der Waals surface area contributed by atoms with Gasteiger partial charge in [-0.1, -0.05) is 23.2 Å². The predicted octanol–water partition coefficient (Wildman–Crippen LogP) is 5.20. The number of carbonyl (C=O) groups is 2. The number of aromatic nitrogens is 1. The molecule has 0 atom stereocenters. The van der Waals surface area contributed by atoms with Gasteiger partial charge in [-0.3, -0.25) is 9.59 Å². The van der Waals surface area contributed by atoms with Gasteiger partial charge >= 0.3 is 0 Å². The first-order valence-electron chi connectivity index (χ1n) is 8.02. The lowest BCUT2D eigenvalue weighted by Crippen LogP contribution is -2.14. The molecule has 2 amide bonds. The lowest BCUT2D eigenvalue weighted by molar-refractivity contribution is 0.101. The Bertz CT molecular complexity index is 984. The van der Waals surface area contributed by atoms with E-state index < -0.39 is 0 Å². The number of nitrogens with zero attached hydrogens (tertiary/aromatic N) is 1. The van der Waals surface area contributed by atoms with Crippen LogP contribution in [-0.4, -0.2) is 16.8 Å². The van der Waals surface area contributed by atoms with Crippen molar-refractivity contribution in [2.24, 2.45) is 0 Å². The smallest absolute Gasteiger partial charge is 0.256 e. The Labute approximate surface area is 166 Å². The van der Waals surface area contributed by atoms with Crippen molar-refractivity contribution in [3.05, 3.63) is 87.5 Å². The van der Waals surface area contributed by atoms with Crippen LogP contribution in [0.1, 0.15) is 26.3 Å². The van der Waals surface area contributed by atoms with Crippen LogP contribution in [0.25, 0.3) is 0 Å². The van der Waals surface area contributed by atoms with Crippen molar-refractivity contribution in [1.29, 1.82) is 0 Å². The lowest BCUT2D eigenvalue weighted by Gasteiger charge is -2.08. The summed E-state index contributed by atoms with van der Waals surface area (Å²) in [7, 11) is 0. The quantitative estimate of drug-likeness (QED) is 0.632. The van der Waals surface area contributed by atoms with Gasteiger partial charge in [0.2, 0.25) is 0 Å². The molecule has 3 aromatic rings. The van der Waals surface area contributed by atoms with Crippen molar-refractivity contribution in [1.82, 2.24) is 4.98 Å². The zero-order valence-corrected chi connectivity index (χ0v) is 15.8. The number of amides is 2. The number of hydrogen-bond donors (Lipinski definition) is 2. The first-order valence-corrected chi connectivity index (χ1v) is 8.78. The highest BCUT2D eigenvalue weighted by Crippen LogP contribution is 2.20. The number of nitrogens with one attached hydrogen (secondary N) is 2. The molecule has 136 valence electrons. The van der Waals surface area contributed by atoms with Gasteiger partial charge in [0.1, 0.15) is 5.82 Å². The SMILES string of the molecule is Cc1ccnc(NC(=O)c2ccc(NC(=O)c3cc(Cl)cc(Cl)c3)cc2)c1. The van der Waals surface area contributed by atoms with Gasteiger partial charge < -0.3 is 10.6 Å². The van der Waals surface area contributed by atoms with Gasteiger partial charge in [-0.05, 0) is 67.1 Å². The standard InChI is InChI=1S/C20H15Cl2N3O2/c1-12-6-7-23-18(8-12)25-19(26)13-2-4-17(5-3-13)24-20(27)14-9-15(21)11-16(22)10-14/h2-11H,1H3,(H,24,27)(H,23,25,26). The van der Waals surface area contributed by atoms with E-state index in [0.29, 0.717) is 32.7 Å². The van der Waals surface area contributed by atoms with Crippen LogP contribution in [0.5, 0.6) is 0 Å². The Morgan fingerprint density at radius 1 is 0.815 bits per heavy atom. The fourth-order valence-corrected chi connectivity index (χ4v) is 2.91. The van der Waals surface area contributed by atoms with Gasteiger partial charge in [0.15, 0.2) is 0 Å². The number of hydrogen-bond acceptors (Lipinski definition) is 3. The van der Waals surface area contributed by atoms with Gasteiger partial charge in [-0.25, -0.2) is 4.98 Å². The van der Waals surface area contributed by atoms with Crippen molar-refractivity contribution in [3.8, 4) is 0 Å². The Kier molecular flexibility index (Phi) is 5.74. The zero-order chi connectivity index (χ0) is 19.4. The maximum atomic E-state index is 12.3. The van der Waals surface area contributed by atoms with Crippen LogP contribution in [-0.2, 0) is 0 Å². The van der Waals surface area contributed by atoms with E-state index in [2.05, 4.69) is 15.6 Å². The summed E-state index contributed by atoms with van der Waals surface area (Å²) in [5, 5.41) is 6.22. The van der Waals surface area contributed by atoms with Gasteiger partial charge in [0.25, 0.3) is 11.8 Å². The van der Waals surface area contributed by atoms with Gasteiger partial charge in [0, 0.05) is 33.1 Å². The minimum absolute atomic E-state index is 0.285. The Balaban J connectivity index is 1.67. The summed E-state index contributed by atoms with van der Waals surface area (Å²) in [5.41, 5.74) is 2.34. The molecule has 1 heterocycles. The largest absolute Gasteiger partial charge is 0.322 e. The number of benzene rings is 2. The number of pyridine rings is 1. The molecular formula is C20H15Cl2N3O2. The molecule has 2 aromatic carbocycles. The van der Waals surface area contributed by atoms with E-state index in [4.69, 9.17) is 23.2 Å². The van der Waals surface area contributed by atoms with E-state index in [1.54, 1.807) is 42.6 Å². The van der Waals surface area contributed by atoms with Crippen LogP contribution in [0.3, 0.4) is 0 Å². The number of anilines is 2. The number of aryl methyl sites for hydroxylation is 1. The summed E-state index contributed by atoms with van der Waals surface area (Å²) in [6.45, 7) is 1.92. The lowest BCUT2D eigenvalue weighted by atomic mass is 10.1. The molecule has 0 aliphatic carbocycles. The zero-order valence-electron chi connectivity index (χ0n) is 14.3. The molecule has 27 heavy (non-hydrogen) atoms. The van der Waals surface area contributed by atoms with Gasteiger partial charge in [-0.2, -0.15) is 0 Å². The van der Waals surface area contributed by atoms with E-state index in [0.717, 1.165) is 5.56 Å². The minimum atomic E-state index is -0.347. The highest BCUT2D eigenvalue weighted by molar-refractivity contribution is 6.35. The predicted molar refractivity (Wildman–Crippen MR) is 108 cm³/mol. The van der Waals surface area contributed by atoms with Crippen molar-refractivity contribution in [2.75, 3.05) is 10.6 Å². The molecule has 5 nitrogen and oxygen atoms in total. The molecule has 0 radical (unpaired) electrons. The molecule has 2 N–H and O–H groups in total. The minimum Gasteiger partial charge on any atom is -0.322 e. The number of halogens is 2. The van der Waals surface area contributed by atoms with Crippen LogP contribution in [0, 0.1) is 6.92 Å². The first-order chi connectivity index (χ1) is 12.9. The molecule has 0 saturated carbocycles. The second-order valence-electron chi connectivity index (χ2n) is 5.86. The third-order valence-electron chi connectivity index (χ3n) is 3.69. The highest BCUT2D eigenvalue weighted by atomic mass is 35.5. The summed E-state index contributed by atoms with van der Waals surface area (Å²) in [5.74, 6) is -0.150. The molecule has 7 heteroatoms. The highest BCUT2D eigenvalue weighted by Gasteiger charge is 2.10. The fourth-order valence-electron chi connectivity index (χ4n) is 2.39. The monoisotopic (exact) mass is 399 g/mol. The molecule has 0 fully saturated rings. The topological polar surface area (TPSA) is 71.1 Å². The second-order valence-corrected chi connectivity index (χ2v) is 6.74. The van der Waals surface area contributed by atoms with Crippen molar-refractivity contribution in [2.45, 2.75) is 6.92 Å². The van der Waals surface area contributed by atoms with Crippen LogP contribution < -0.4 is 10.6 Å². The van der Waals surface area contributed by atoms with Crippen LogP contribution in [0.2, 0.25) is 10.0 Å². The third kappa shape index (κ3) is 5.06. The van der Waals surface area contributed by atoms with Crippen molar-refractivity contribution < 1.29 is 9.59 Å². The van der Waals surface area contributed by atoms with Gasteiger partial charge in [0.05, 0.1) is 0 Å². The van der Waals surface area contributed by atoms with E-state index in [1.165, 1.54) is 12.1 Å². The Morgan fingerprint density at radius 2 is 1.44 bits per heavy atom. The second kappa shape index (κ2) is 8.20. The molecule has 0 unspecified atom stereocenters. The molecular weight excluding hydrogens is 385 g/mol. The maximum Gasteiger partial charge on any atom is 0.256 e. The Morgan fingerprint density at radius 3 is 2.07 bits per heavy atom. The van der Waals surface area contributed by atoms with Crippen LogP contribution >= 0.6 is 23.2 Å². The fraction of sp³-hybridized carbons (Fsp3) is 0.0500. The third-order valence-corrected chi connectivity index (χ3v) is 4.12. The van der Waals surface area contributed by atoms with Gasteiger partial charge in [-0.15, -0.1) is 0 Å². The molecule has 0 bridgehead atoms. The number of carbonyl (C=O) groups excluding carboxylic acids is 2. The first kappa shape index (κ1) is 18.9. The molecule has 0 spiro atoms. The average molecular weight is 400 g/mol. The van der Waals surface area contributed by atoms with Crippen LogP contribution in [0.4, 0.5) is 11.5 Å². The Hall–Kier alpha value is -2.89. The van der Waals surface area contributed by atoms with Crippen LogP contribution in [0.15, 0.2) is 60.8 Å². The molecule has 0 aliphatic heterocycles. The van der Waals surface area contributed by atoms with E-state index >= 15 is 0 Å². The van der Waals surface area contributed by atoms with E-state index in [-0.39, 0.29) is 11.8 Å². The molecule has 0 aliphatic rings. The normalized spacial score (nSPS) is 10.3. The summed E-state index contributed by atoms with van der Waals surface area (Å²) in [4.78, 5) is 28.7. The van der Waals surface area contributed by atoms with Crippen molar-refractivity contribution >= 4 is 46.5 Å². The molecule has 0 saturated heterocycles. The maximum absolute atomic E-state index is 12.3. The summed E-state index contributed by atoms with van der Waals surface area (Å²) in [6.07, 6.45) is 1.63. The average Bonchev–Trinajstić information content (AvgIpc) is 2.61. The van der Waals surface area contributed by atoms with Crippen molar-refractivity contribution in [3.63, 3.8) is 0 Å². The summed E-state index contributed by atoms with van der Waals surface area (Å²) < 4.78 is 0.